The maximum Gasteiger partial charge on any atom is 0.225 e. The van der Waals surface area contributed by atoms with E-state index < -0.39 is 0 Å². The van der Waals surface area contributed by atoms with Crippen molar-refractivity contribution in [2.45, 2.75) is 25.2 Å². The molecule has 2 radical (unpaired) electrons. The van der Waals surface area contributed by atoms with E-state index in [4.69, 9.17) is 10.1 Å². The summed E-state index contributed by atoms with van der Waals surface area (Å²) in [6.45, 7) is 5.21. The SMILES string of the molecule is NC(=O)C1[C]CCc2cc(CCN3CCN(c4nsc5ccccc45)CC3)ccc21. The molecule has 30 heavy (non-hydrogen) atoms. The molecule has 6 heteroatoms. The molecule has 0 bridgehead atoms. The van der Waals surface area contributed by atoms with Crippen LogP contribution < -0.4 is 10.6 Å². The number of carbonyl (C=O) groups is 1. The maximum atomic E-state index is 11.7. The Kier molecular flexibility index (Phi) is 5.44. The first-order valence-corrected chi connectivity index (χ1v) is 11.4. The average Bonchev–Trinajstić information content (AvgIpc) is 3.21. The van der Waals surface area contributed by atoms with Gasteiger partial charge in [-0.25, -0.2) is 0 Å². The molecule has 1 unspecified atom stereocenters. The van der Waals surface area contributed by atoms with Crippen LogP contribution >= 0.6 is 11.5 Å². The lowest BCUT2D eigenvalue weighted by atomic mass is 9.81. The highest BCUT2D eigenvalue weighted by molar-refractivity contribution is 7.13. The van der Waals surface area contributed by atoms with E-state index in [-0.39, 0.29) is 11.8 Å². The number of primary amides is 1. The first kappa shape index (κ1) is 19.5. The zero-order valence-electron chi connectivity index (χ0n) is 17.0. The average molecular weight is 419 g/mol. The lowest BCUT2D eigenvalue weighted by Gasteiger charge is -2.35. The predicted octanol–water partition coefficient (Wildman–Crippen LogP) is 3.26. The summed E-state index contributed by atoms with van der Waals surface area (Å²) < 4.78 is 5.97. The van der Waals surface area contributed by atoms with Gasteiger partial charge in [0.1, 0.15) is 5.82 Å². The molecular formula is C24H26N4OS. The number of piperazine rings is 1. The van der Waals surface area contributed by atoms with Crippen LogP contribution in [0.25, 0.3) is 10.1 Å². The molecule has 0 saturated carbocycles. The number of amides is 1. The molecule has 1 amide bonds. The highest BCUT2D eigenvalue weighted by atomic mass is 32.1. The number of anilines is 1. The van der Waals surface area contributed by atoms with Crippen molar-refractivity contribution in [2.75, 3.05) is 37.6 Å². The number of nitrogens with two attached hydrogens (primary N) is 1. The first-order chi connectivity index (χ1) is 14.7. The second-order valence-corrected chi connectivity index (χ2v) is 8.96. The van der Waals surface area contributed by atoms with Crippen LogP contribution in [0.15, 0.2) is 42.5 Å². The van der Waals surface area contributed by atoms with Gasteiger partial charge in [-0.05, 0) is 59.6 Å². The van der Waals surface area contributed by atoms with Crippen LogP contribution in [0.5, 0.6) is 0 Å². The molecule has 154 valence electrons. The number of rotatable bonds is 5. The minimum atomic E-state index is -0.349. The van der Waals surface area contributed by atoms with Crippen molar-refractivity contribution in [1.82, 2.24) is 9.27 Å². The number of hydrogen-bond donors (Lipinski definition) is 1. The van der Waals surface area contributed by atoms with Gasteiger partial charge in [-0.1, -0.05) is 30.3 Å². The monoisotopic (exact) mass is 418 g/mol. The summed E-state index contributed by atoms with van der Waals surface area (Å²) in [7, 11) is 0. The number of benzene rings is 2. The summed E-state index contributed by atoms with van der Waals surface area (Å²) in [6.07, 6.45) is 6.00. The molecule has 0 spiro atoms. The van der Waals surface area contributed by atoms with Crippen molar-refractivity contribution in [1.29, 1.82) is 0 Å². The Morgan fingerprint density at radius 2 is 2.00 bits per heavy atom. The highest BCUT2D eigenvalue weighted by Gasteiger charge is 2.25. The predicted molar refractivity (Wildman–Crippen MR) is 122 cm³/mol. The highest BCUT2D eigenvalue weighted by Crippen LogP contribution is 2.32. The maximum absolute atomic E-state index is 11.7. The van der Waals surface area contributed by atoms with Gasteiger partial charge < -0.3 is 10.6 Å². The zero-order valence-corrected chi connectivity index (χ0v) is 17.8. The molecule has 3 aromatic rings. The van der Waals surface area contributed by atoms with Gasteiger partial charge in [0.2, 0.25) is 5.91 Å². The van der Waals surface area contributed by atoms with Crippen LogP contribution in [0.2, 0.25) is 0 Å². The summed E-state index contributed by atoms with van der Waals surface area (Å²) in [5.41, 5.74) is 9.18. The Morgan fingerprint density at radius 3 is 2.83 bits per heavy atom. The normalized spacial score (nSPS) is 19.7. The summed E-state index contributed by atoms with van der Waals surface area (Å²) in [5.74, 6) is 0.495. The molecule has 1 saturated heterocycles. The van der Waals surface area contributed by atoms with E-state index >= 15 is 0 Å². The molecular weight excluding hydrogens is 392 g/mol. The lowest BCUT2D eigenvalue weighted by molar-refractivity contribution is -0.118. The summed E-state index contributed by atoms with van der Waals surface area (Å²) in [5, 5.41) is 1.27. The topological polar surface area (TPSA) is 62.5 Å². The standard InChI is InChI=1S/C24H26N4OS/c25-23(29)20-6-3-4-18-16-17(8-9-19(18)20)10-11-27-12-14-28(15-13-27)24-21-5-1-2-7-22(21)30-26-24/h1-2,5,7-9,16,20H,3-4,10-15H2,(H2,25,29). The molecule has 1 aliphatic heterocycles. The second-order valence-electron chi connectivity index (χ2n) is 8.15. The summed E-state index contributed by atoms with van der Waals surface area (Å²) in [4.78, 5) is 16.6. The van der Waals surface area contributed by atoms with Gasteiger partial charge in [-0.3, -0.25) is 9.69 Å². The Morgan fingerprint density at radius 1 is 1.17 bits per heavy atom. The number of aryl methyl sites for hydroxylation is 1. The lowest BCUT2D eigenvalue weighted by Crippen LogP contribution is -2.47. The van der Waals surface area contributed by atoms with E-state index in [1.54, 1.807) is 11.5 Å². The van der Waals surface area contributed by atoms with Gasteiger partial charge in [0.15, 0.2) is 0 Å². The Balaban J connectivity index is 1.18. The number of nitrogens with zero attached hydrogens (tertiary/aromatic N) is 3. The Hall–Kier alpha value is -2.44. The smallest absolute Gasteiger partial charge is 0.225 e. The van der Waals surface area contributed by atoms with E-state index in [1.165, 1.54) is 21.2 Å². The fourth-order valence-electron chi connectivity index (χ4n) is 4.60. The van der Waals surface area contributed by atoms with Gasteiger partial charge in [0, 0.05) is 44.5 Å². The number of carbonyl (C=O) groups excluding carboxylic acids is 1. The van der Waals surface area contributed by atoms with E-state index in [0.29, 0.717) is 0 Å². The van der Waals surface area contributed by atoms with Crippen LogP contribution in [0.3, 0.4) is 0 Å². The third-order valence-electron chi connectivity index (χ3n) is 6.29. The largest absolute Gasteiger partial charge is 0.369 e. The molecule has 1 aliphatic carbocycles. The van der Waals surface area contributed by atoms with Gasteiger partial charge >= 0.3 is 0 Å². The van der Waals surface area contributed by atoms with Crippen LogP contribution in [0.4, 0.5) is 5.82 Å². The molecule has 2 aromatic carbocycles. The van der Waals surface area contributed by atoms with Gasteiger partial charge in [0.05, 0.1) is 10.6 Å². The van der Waals surface area contributed by atoms with E-state index in [2.05, 4.69) is 58.7 Å². The minimum Gasteiger partial charge on any atom is -0.369 e. The molecule has 2 heterocycles. The molecule has 2 aliphatic rings. The second kappa shape index (κ2) is 8.36. The first-order valence-electron chi connectivity index (χ1n) is 10.6. The molecule has 2 N–H and O–H groups in total. The fraction of sp³-hybridized carbons (Fsp3) is 0.375. The van der Waals surface area contributed by atoms with Gasteiger partial charge in [-0.15, -0.1) is 0 Å². The van der Waals surface area contributed by atoms with E-state index in [1.807, 2.05) is 0 Å². The van der Waals surface area contributed by atoms with Crippen molar-refractivity contribution >= 4 is 33.3 Å². The van der Waals surface area contributed by atoms with Crippen LogP contribution in [0.1, 0.15) is 29.0 Å². The molecule has 1 atom stereocenters. The van der Waals surface area contributed by atoms with E-state index in [0.717, 1.165) is 63.4 Å². The minimum absolute atomic E-state index is 0.297. The van der Waals surface area contributed by atoms with Crippen LogP contribution in [-0.2, 0) is 17.6 Å². The molecule has 1 fully saturated rings. The summed E-state index contributed by atoms with van der Waals surface area (Å²) in [6, 6.07) is 15.0. The molecule has 1 aromatic heterocycles. The van der Waals surface area contributed by atoms with Crippen molar-refractivity contribution in [2.24, 2.45) is 5.73 Å². The quantitative estimate of drug-likeness (QED) is 0.691. The van der Waals surface area contributed by atoms with E-state index in [9.17, 15) is 4.79 Å². The zero-order chi connectivity index (χ0) is 20.5. The van der Waals surface area contributed by atoms with Crippen LogP contribution in [0, 0.1) is 6.42 Å². The Bertz CT molecular complexity index is 1050. The van der Waals surface area contributed by atoms with Crippen molar-refractivity contribution in [3.05, 3.63) is 65.6 Å². The third-order valence-corrected chi connectivity index (χ3v) is 7.11. The van der Waals surface area contributed by atoms with Gasteiger partial charge in [0.25, 0.3) is 0 Å². The fourth-order valence-corrected chi connectivity index (χ4v) is 5.39. The number of fused-ring (bicyclic) bond motifs is 2. The Labute approximate surface area is 181 Å². The van der Waals surface area contributed by atoms with Crippen LogP contribution in [-0.4, -0.2) is 47.9 Å². The van der Waals surface area contributed by atoms with Gasteiger partial charge in [-0.2, -0.15) is 4.37 Å². The third kappa shape index (κ3) is 3.82. The van der Waals surface area contributed by atoms with Crippen molar-refractivity contribution < 1.29 is 4.79 Å². The summed E-state index contributed by atoms with van der Waals surface area (Å²) >= 11 is 1.59. The molecule has 5 rings (SSSR count). The molecule has 5 nitrogen and oxygen atoms in total. The van der Waals surface area contributed by atoms with Crippen molar-refractivity contribution in [3.63, 3.8) is 0 Å². The van der Waals surface area contributed by atoms with Crippen molar-refractivity contribution in [3.8, 4) is 0 Å². The number of hydrogen-bond acceptors (Lipinski definition) is 5. The number of aromatic nitrogens is 1.